The third kappa shape index (κ3) is 6.44. The van der Waals surface area contributed by atoms with Crippen LogP contribution in [-0.4, -0.2) is 47.2 Å². The van der Waals surface area contributed by atoms with Crippen molar-refractivity contribution < 1.29 is 22.7 Å². The van der Waals surface area contributed by atoms with Gasteiger partial charge in [0, 0.05) is 30.2 Å². The van der Waals surface area contributed by atoms with E-state index in [1.807, 2.05) is 25.1 Å². The number of nitrogens with one attached hydrogen (secondary N) is 1. The topological polar surface area (TPSA) is 84.9 Å². The molecule has 0 saturated carbocycles. The van der Waals surface area contributed by atoms with Crippen molar-refractivity contribution in [2.24, 2.45) is 0 Å². The highest BCUT2D eigenvalue weighted by Gasteiger charge is 2.35. The maximum atomic E-state index is 13.6. The van der Waals surface area contributed by atoms with Crippen LogP contribution in [0.4, 0.5) is 5.69 Å². The van der Waals surface area contributed by atoms with Crippen molar-refractivity contribution in [3.63, 3.8) is 0 Å². The molecule has 3 aromatic rings. The van der Waals surface area contributed by atoms with E-state index in [0.717, 1.165) is 22.7 Å². The molecule has 1 amide bonds. The van der Waals surface area contributed by atoms with Gasteiger partial charge in [-0.3, -0.25) is 9.10 Å². The molecule has 9 heteroatoms. The Labute approximate surface area is 223 Å². The van der Waals surface area contributed by atoms with Crippen molar-refractivity contribution >= 4 is 33.2 Å². The first-order valence-corrected chi connectivity index (χ1v) is 14.1. The zero-order chi connectivity index (χ0) is 26.3. The fraction of sp³-hybridized carbons (Fsp3) is 0.321. The van der Waals surface area contributed by atoms with Crippen molar-refractivity contribution in [3.05, 3.63) is 89.4 Å². The molecule has 0 bridgehead atoms. The Morgan fingerprint density at radius 3 is 2.27 bits per heavy atom. The van der Waals surface area contributed by atoms with Crippen molar-refractivity contribution in [1.82, 2.24) is 5.32 Å². The molecule has 196 valence electrons. The number of ether oxygens (including phenoxy) is 2. The SMILES string of the molecule is CCOc1ccc(N(CC(=O)NCC2(c3ccccc3)CCOCC2)S(=O)(=O)c2ccc(Cl)cc2)cc1. The Morgan fingerprint density at radius 2 is 1.65 bits per heavy atom. The van der Waals surface area contributed by atoms with Crippen LogP contribution >= 0.6 is 11.6 Å². The van der Waals surface area contributed by atoms with Gasteiger partial charge in [-0.1, -0.05) is 41.9 Å². The molecule has 4 rings (SSSR count). The smallest absolute Gasteiger partial charge is 0.264 e. The molecular formula is C28H31ClN2O5S. The van der Waals surface area contributed by atoms with E-state index in [9.17, 15) is 13.2 Å². The number of hydrogen-bond acceptors (Lipinski definition) is 5. The molecule has 1 heterocycles. The van der Waals surface area contributed by atoms with Crippen LogP contribution in [0.5, 0.6) is 5.75 Å². The van der Waals surface area contributed by atoms with Gasteiger partial charge in [0.15, 0.2) is 0 Å². The van der Waals surface area contributed by atoms with Crippen LogP contribution in [0.1, 0.15) is 25.3 Å². The van der Waals surface area contributed by atoms with Gasteiger partial charge in [-0.25, -0.2) is 8.42 Å². The van der Waals surface area contributed by atoms with E-state index in [0.29, 0.717) is 42.8 Å². The molecule has 0 spiro atoms. The molecular weight excluding hydrogens is 512 g/mol. The van der Waals surface area contributed by atoms with Crippen LogP contribution in [0.15, 0.2) is 83.8 Å². The minimum atomic E-state index is -4.05. The molecule has 0 unspecified atom stereocenters. The Hall–Kier alpha value is -3.07. The highest BCUT2D eigenvalue weighted by atomic mass is 35.5. The normalized spacial score (nSPS) is 15.1. The summed E-state index contributed by atoms with van der Waals surface area (Å²) in [4.78, 5) is 13.3. The average molecular weight is 543 g/mol. The first kappa shape index (κ1) is 27.0. The Morgan fingerprint density at radius 1 is 1.00 bits per heavy atom. The number of carbonyl (C=O) groups excluding carboxylic acids is 1. The molecule has 1 fully saturated rings. The van der Waals surface area contributed by atoms with Crippen LogP contribution in [0.25, 0.3) is 0 Å². The first-order valence-electron chi connectivity index (χ1n) is 12.3. The molecule has 0 radical (unpaired) electrons. The number of rotatable bonds is 10. The fourth-order valence-corrected chi connectivity index (χ4v) is 6.05. The lowest BCUT2D eigenvalue weighted by Crippen LogP contribution is -2.48. The van der Waals surface area contributed by atoms with Crippen molar-refractivity contribution in [2.45, 2.75) is 30.1 Å². The number of nitrogens with zero attached hydrogens (tertiary/aromatic N) is 1. The first-order chi connectivity index (χ1) is 17.8. The van der Waals surface area contributed by atoms with E-state index in [4.69, 9.17) is 21.1 Å². The Bertz CT molecular complexity index is 1280. The number of anilines is 1. The summed E-state index contributed by atoms with van der Waals surface area (Å²) < 4.78 is 39.5. The summed E-state index contributed by atoms with van der Waals surface area (Å²) in [6.07, 6.45) is 1.53. The highest BCUT2D eigenvalue weighted by Crippen LogP contribution is 2.34. The maximum Gasteiger partial charge on any atom is 0.264 e. The summed E-state index contributed by atoms with van der Waals surface area (Å²) in [5, 5.41) is 3.43. The summed E-state index contributed by atoms with van der Waals surface area (Å²) in [6, 6.07) is 22.6. The van der Waals surface area contributed by atoms with Gasteiger partial charge in [0.25, 0.3) is 10.0 Å². The molecule has 1 N–H and O–H groups in total. The Balaban J connectivity index is 1.58. The minimum absolute atomic E-state index is 0.0452. The van der Waals surface area contributed by atoms with E-state index in [2.05, 4.69) is 17.4 Å². The quantitative estimate of drug-likeness (QED) is 0.398. The largest absolute Gasteiger partial charge is 0.494 e. The number of halogens is 1. The molecule has 1 aliphatic rings. The number of hydrogen-bond donors (Lipinski definition) is 1. The van der Waals surface area contributed by atoms with Gasteiger partial charge in [0.2, 0.25) is 5.91 Å². The lowest BCUT2D eigenvalue weighted by molar-refractivity contribution is -0.120. The second-order valence-corrected chi connectivity index (χ2v) is 11.2. The predicted molar refractivity (Wildman–Crippen MR) is 145 cm³/mol. The van der Waals surface area contributed by atoms with Gasteiger partial charge < -0.3 is 14.8 Å². The number of sulfonamides is 1. The average Bonchev–Trinajstić information content (AvgIpc) is 2.92. The van der Waals surface area contributed by atoms with Gasteiger partial charge >= 0.3 is 0 Å². The van der Waals surface area contributed by atoms with Gasteiger partial charge in [0.1, 0.15) is 12.3 Å². The van der Waals surface area contributed by atoms with E-state index in [-0.39, 0.29) is 16.9 Å². The molecule has 0 aromatic heterocycles. The summed E-state index contributed by atoms with van der Waals surface area (Å²) in [6.45, 7) is 3.58. The maximum absolute atomic E-state index is 13.6. The standard InChI is InChI=1S/C28H31ClN2O5S/c1-2-36-25-12-10-24(11-13-25)31(37(33,34)26-14-8-23(29)9-15-26)20-27(32)30-21-28(16-18-35-19-17-28)22-6-4-3-5-7-22/h3-15H,2,16-21H2,1H3,(H,30,32). The van der Waals surface area contributed by atoms with Gasteiger partial charge in [-0.15, -0.1) is 0 Å². The molecule has 1 saturated heterocycles. The van der Waals surface area contributed by atoms with E-state index in [1.165, 1.54) is 24.3 Å². The van der Waals surface area contributed by atoms with Crippen LogP contribution in [-0.2, 0) is 25.0 Å². The monoisotopic (exact) mass is 542 g/mol. The van der Waals surface area contributed by atoms with Crippen LogP contribution in [0.2, 0.25) is 5.02 Å². The van der Waals surface area contributed by atoms with Gasteiger partial charge in [-0.2, -0.15) is 0 Å². The molecule has 0 atom stereocenters. The number of carbonyl (C=O) groups is 1. The molecule has 37 heavy (non-hydrogen) atoms. The summed E-state index contributed by atoms with van der Waals surface area (Å²) in [5.41, 5.74) is 1.22. The molecule has 0 aliphatic carbocycles. The van der Waals surface area contributed by atoms with Gasteiger partial charge in [-0.05, 0) is 73.9 Å². The van der Waals surface area contributed by atoms with Crippen LogP contribution in [0, 0.1) is 0 Å². The third-order valence-electron chi connectivity index (χ3n) is 6.58. The second-order valence-electron chi connectivity index (χ2n) is 8.93. The zero-order valence-corrected chi connectivity index (χ0v) is 22.3. The third-order valence-corrected chi connectivity index (χ3v) is 8.62. The predicted octanol–water partition coefficient (Wildman–Crippen LogP) is 4.80. The lowest BCUT2D eigenvalue weighted by atomic mass is 9.74. The molecule has 1 aliphatic heterocycles. The van der Waals surface area contributed by atoms with Gasteiger partial charge in [0.05, 0.1) is 17.2 Å². The van der Waals surface area contributed by atoms with E-state index in [1.54, 1.807) is 24.3 Å². The zero-order valence-electron chi connectivity index (χ0n) is 20.7. The van der Waals surface area contributed by atoms with Crippen LogP contribution < -0.4 is 14.4 Å². The number of amides is 1. The highest BCUT2D eigenvalue weighted by molar-refractivity contribution is 7.92. The fourth-order valence-electron chi connectivity index (χ4n) is 4.50. The molecule has 7 nitrogen and oxygen atoms in total. The van der Waals surface area contributed by atoms with E-state index < -0.39 is 15.9 Å². The van der Waals surface area contributed by atoms with E-state index >= 15 is 0 Å². The van der Waals surface area contributed by atoms with Crippen molar-refractivity contribution in [2.75, 3.05) is 37.2 Å². The summed E-state index contributed by atoms with van der Waals surface area (Å²) in [5.74, 6) is 0.220. The number of benzene rings is 3. The van der Waals surface area contributed by atoms with Crippen LogP contribution in [0.3, 0.4) is 0 Å². The summed E-state index contributed by atoms with van der Waals surface area (Å²) in [7, 11) is -4.05. The second kappa shape index (κ2) is 12.0. The summed E-state index contributed by atoms with van der Waals surface area (Å²) >= 11 is 5.97. The minimum Gasteiger partial charge on any atom is -0.494 e. The van der Waals surface area contributed by atoms with Crippen molar-refractivity contribution in [1.29, 1.82) is 0 Å². The van der Waals surface area contributed by atoms with Crippen molar-refractivity contribution in [3.8, 4) is 5.75 Å². The molecule has 3 aromatic carbocycles. The Kier molecular flexibility index (Phi) is 8.74. The lowest BCUT2D eigenvalue weighted by Gasteiger charge is -2.38.